The van der Waals surface area contributed by atoms with Gasteiger partial charge in [0.2, 0.25) is 5.91 Å². The SMILES string of the molecule is CC1CCCC(N)(C(=O)N2CCOCC2(C)C)C1. The summed E-state index contributed by atoms with van der Waals surface area (Å²) in [5, 5.41) is 0. The molecular weight excluding hydrogens is 228 g/mol. The van der Waals surface area contributed by atoms with Crippen molar-refractivity contribution < 1.29 is 9.53 Å². The van der Waals surface area contributed by atoms with E-state index in [2.05, 4.69) is 20.8 Å². The Labute approximate surface area is 110 Å². The molecule has 1 amide bonds. The van der Waals surface area contributed by atoms with Crippen molar-refractivity contribution in [3.05, 3.63) is 0 Å². The first-order valence-electron chi connectivity index (χ1n) is 7.04. The van der Waals surface area contributed by atoms with Gasteiger partial charge in [-0.25, -0.2) is 0 Å². The molecule has 1 saturated heterocycles. The Balaban J connectivity index is 2.14. The van der Waals surface area contributed by atoms with E-state index in [0.29, 0.717) is 25.7 Å². The fourth-order valence-electron chi connectivity index (χ4n) is 3.29. The second-order valence-corrected chi connectivity index (χ2v) is 6.68. The highest BCUT2D eigenvalue weighted by atomic mass is 16.5. The second-order valence-electron chi connectivity index (χ2n) is 6.68. The fourth-order valence-corrected chi connectivity index (χ4v) is 3.29. The molecule has 4 nitrogen and oxygen atoms in total. The molecule has 18 heavy (non-hydrogen) atoms. The number of amides is 1. The first-order chi connectivity index (χ1) is 8.35. The molecule has 2 atom stereocenters. The standard InChI is InChI=1S/C14H26N2O2/c1-11-5-4-6-14(15,9-11)12(17)16-7-8-18-10-13(16,2)3/h11H,4-10,15H2,1-3H3. The van der Waals surface area contributed by atoms with Crippen LogP contribution in [0.3, 0.4) is 0 Å². The molecule has 0 bridgehead atoms. The molecule has 1 aliphatic carbocycles. The molecule has 104 valence electrons. The molecule has 2 fully saturated rings. The Morgan fingerprint density at radius 3 is 2.78 bits per heavy atom. The number of nitrogens with two attached hydrogens (primary N) is 1. The van der Waals surface area contributed by atoms with Crippen molar-refractivity contribution in [1.82, 2.24) is 4.90 Å². The molecule has 0 aromatic rings. The minimum Gasteiger partial charge on any atom is -0.377 e. The Morgan fingerprint density at radius 2 is 2.17 bits per heavy atom. The minimum absolute atomic E-state index is 0.127. The van der Waals surface area contributed by atoms with Gasteiger partial charge in [0, 0.05) is 6.54 Å². The summed E-state index contributed by atoms with van der Waals surface area (Å²) in [6.07, 6.45) is 3.90. The molecule has 0 spiro atoms. The molecule has 0 aromatic carbocycles. The molecule has 2 aliphatic rings. The zero-order valence-electron chi connectivity index (χ0n) is 11.9. The molecule has 1 heterocycles. The summed E-state index contributed by atoms with van der Waals surface area (Å²) in [7, 11) is 0. The third-order valence-electron chi connectivity index (χ3n) is 4.35. The largest absolute Gasteiger partial charge is 0.377 e. The first-order valence-corrected chi connectivity index (χ1v) is 7.04. The van der Waals surface area contributed by atoms with E-state index in [1.165, 1.54) is 6.42 Å². The van der Waals surface area contributed by atoms with Gasteiger partial charge in [-0.3, -0.25) is 4.79 Å². The van der Waals surface area contributed by atoms with Crippen LogP contribution in [0.1, 0.15) is 46.5 Å². The predicted molar refractivity (Wildman–Crippen MR) is 71.2 cm³/mol. The van der Waals surface area contributed by atoms with Crippen molar-refractivity contribution in [3.63, 3.8) is 0 Å². The molecule has 2 N–H and O–H groups in total. The van der Waals surface area contributed by atoms with Gasteiger partial charge in [-0.15, -0.1) is 0 Å². The van der Waals surface area contributed by atoms with Gasteiger partial charge in [0.15, 0.2) is 0 Å². The van der Waals surface area contributed by atoms with Gasteiger partial charge in [0.25, 0.3) is 0 Å². The average Bonchev–Trinajstić information content (AvgIpc) is 2.27. The van der Waals surface area contributed by atoms with Crippen LogP contribution in [-0.4, -0.2) is 41.6 Å². The zero-order chi connectivity index (χ0) is 13.4. The van der Waals surface area contributed by atoms with Crippen LogP contribution in [0.25, 0.3) is 0 Å². The Bertz CT molecular complexity index is 330. The third-order valence-corrected chi connectivity index (χ3v) is 4.35. The maximum atomic E-state index is 12.8. The highest BCUT2D eigenvalue weighted by Gasteiger charge is 2.45. The number of hydrogen-bond donors (Lipinski definition) is 1. The first kappa shape index (κ1) is 13.8. The van der Waals surface area contributed by atoms with E-state index in [9.17, 15) is 4.79 Å². The van der Waals surface area contributed by atoms with Gasteiger partial charge in [0.05, 0.1) is 24.3 Å². The lowest BCUT2D eigenvalue weighted by Gasteiger charge is -2.47. The quantitative estimate of drug-likeness (QED) is 0.772. The van der Waals surface area contributed by atoms with E-state index < -0.39 is 5.54 Å². The lowest BCUT2D eigenvalue weighted by Crippen LogP contribution is -2.65. The monoisotopic (exact) mass is 254 g/mol. The van der Waals surface area contributed by atoms with Crippen LogP contribution in [0.2, 0.25) is 0 Å². The van der Waals surface area contributed by atoms with Crippen LogP contribution >= 0.6 is 0 Å². The molecule has 1 saturated carbocycles. The summed E-state index contributed by atoms with van der Waals surface area (Å²) >= 11 is 0. The van der Waals surface area contributed by atoms with Crippen molar-refractivity contribution >= 4 is 5.91 Å². The van der Waals surface area contributed by atoms with Crippen molar-refractivity contribution in [2.24, 2.45) is 11.7 Å². The van der Waals surface area contributed by atoms with Crippen LogP contribution in [0, 0.1) is 5.92 Å². The minimum atomic E-state index is -0.647. The van der Waals surface area contributed by atoms with E-state index in [4.69, 9.17) is 10.5 Å². The highest BCUT2D eigenvalue weighted by Crippen LogP contribution is 2.34. The Kier molecular flexibility index (Phi) is 3.70. The topological polar surface area (TPSA) is 55.6 Å². The normalized spacial score (nSPS) is 36.4. The predicted octanol–water partition coefficient (Wildman–Crippen LogP) is 1.53. The van der Waals surface area contributed by atoms with Gasteiger partial charge < -0.3 is 15.4 Å². The lowest BCUT2D eigenvalue weighted by molar-refractivity contribution is -0.154. The van der Waals surface area contributed by atoms with Crippen LogP contribution < -0.4 is 5.73 Å². The van der Waals surface area contributed by atoms with E-state index in [0.717, 1.165) is 19.3 Å². The van der Waals surface area contributed by atoms with E-state index >= 15 is 0 Å². The summed E-state index contributed by atoms with van der Waals surface area (Å²) in [5.41, 5.74) is 5.53. The third kappa shape index (κ3) is 2.54. The van der Waals surface area contributed by atoms with Crippen LogP contribution in [-0.2, 0) is 9.53 Å². The average molecular weight is 254 g/mol. The maximum Gasteiger partial charge on any atom is 0.243 e. The molecule has 2 rings (SSSR count). The van der Waals surface area contributed by atoms with E-state index in [1.807, 2.05) is 4.90 Å². The number of carbonyl (C=O) groups excluding carboxylic acids is 1. The van der Waals surface area contributed by atoms with Gasteiger partial charge in [0.1, 0.15) is 0 Å². The number of ether oxygens (including phenoxy) is 1. The Hall–Kier alpha value is -0.610. The van der Waals surface area contributed by atoms with Gasteiger partial charge in [-0.05, 0) is 32.6 Å². The number of morpholine rings is 1. The van der Waals surface area contributed by atoms with Crippen LogP contribution in [0.5, 0.6) is 0 Å². The number of hydrogen-bond acceptors (Lipinski definition) is 3. The Morgan fingerprint density at radius 1 is 1.44 bits per heavy atom. The molecule has 4 heteroatoms. The summed E-state index contributed by atoms with van der Waals surface area (Å²) < 4.78 is 5.47. The number of rotatable bonds is 1. The molecule has 1 aliphatic heterocycles. The molecule has 2 unspecified atom stereocenters. The maximum absolute atomic E-state index is 12.8. The fraction of sp³-hybridized carbons (Fsp3) is 0.929. The smallest absolute Gasteiger partial charge is 0.243 e. The van der Waals surface area contributed by atoms with Gasteiger partial charge in [-0.1, -0.05) is 19.8 Å². The van der Waals surface area contributed by atoms with E-state index in [1.54, 1.807) is 0 Å². The van der Waals surface area contributed by atoms with Crippen molar-refractivity contribution in [2.75, 3.05) is 19.8 Å². The molecule has 0 aromatic heterocycles. The van der Waals surface area contributed by atoms with Crippen molar-refractivity contribution in [2.45, 2.75) is 57.5 Å². The van der Waals surface area contributed by atoms with Crippen LogP contribution in [0.15, 0.2) is 0 Å². The highest BCUT2D eigenvalue weighted by molar-refractivity contribution is 5.87. The summed E-state index contributed by atoms with van der Waals surface area (Å²) in [6.45, 7) is 8.20. The number of nitrogens with zero attached hydrogens (tertiary/aromatic N) is 1. The summed E-state index contributed by atoms with van der Waals surface area (Å²) in [6, 6.07) is 0. The summed E-state index contributed by atoms with van der Waals surface area (Å²) in [4.78, 5) is 14.7. The van der Waals surface area contributed by atoms with Crippen molar-refractivity contribution in [3.8, 4) is 0 Å². The molecule has 0 radical (unpaired) electrons. The van der Waals surface area contributed by atoms with Crippen LogP contribution in [0.4, 0.5) is 0 Å². The lowest BCUT2D eigenvalue weighted by atomic mass is 9.75. The van der Waals surface area contributed by atoms with Gasteiger partial charge in [-0.2, -0.15) is 0 Å². The summed E-state index contributed by atoms with van der Waals surface area (Å²) in [5.74, 6) is 0.680. The van der Waals surface area contributed by atoms with Crippen molar-refractivity contribution in [1.29, 1.82) is 0 Å². The van der Waals surface area contributed by atoms with Gasteiger partial charge >= 0.3 is 0 Å². The molecular formula is C14H26N2O2. The second kappa shape index (κ2) is 4.82. The number of carbonyl (C=O) groups is 1. The van der Waals surface area contributed by atoms with E-state index in [-0.39, 0.29) is 11.4 Å². The zero-order valence-corrected chi connectivity index (χ0v) is 11.9.